The molecule has 0 spiro atoms. The van der Waals surface area contributed by atoms with E-state index in [-0.39, 0.29) is 11.0 Å². The number of nitrogens with zero attached hydrogens (tertiary/aromatic N) is 3. The van der Waals surface area contributed by atoms with Gasteiger partial charge in [-0.3, -0.25) is 0 Å². The average molecular weight is 367 g/mol. The van der Waals surface area contributed by atoms with E-state index in [1.165, 1.54) is 20.3 Å². The quantitative estimate of drug-likeness (QED) is 0.849. The molecule has 0 saturated carbocycles. The first kappa shape index (κ1) is 18.1. The molecule has 1 heterocycles. The van der Waals surface area contributed by atoms with Crippen LogP contribution in [0.25, 0.3) is 0 Å². The number of benzene rings is 1. The summed E-state index contributed by atoms with van der Waals surface area (Å²) in [5, 5.41) is 13.1. The highest BCUT2D eigenvalue weighted by molar-refractivity contribution is 6.44. The summed E-state index contributed by atoms with van der Waals surface area (Å²) in [5.74, 6) is 0.809. The van der Waals surface area contributed by atoms with Gasteiger partial charge in [0.05, 0.1) is 41.6 Å². The van der Waals surface area contributed by atoms with Crippen LogP contribution in [0.5, 0.6) is 11.8 Å². The van der Waals surface area contributed by atoms with Crippen molar-refractivity contribution in [1.82, 2.24) is 9.97 Å². The van der Waals surface area contributed by atoms with Gasteiger partial charge in [-0.2, -0.15) is 15.2 Å². The average Bonchev–Trinajstić information content (AvgIpc) is 2.59. The van der Waals surface area contributed by atoms with Crippen LogP contribution >= 0.6 is 23.2 Å². The maximum atomic E-state index is 9.53. The summed E-state index contributed by atoms with van der Waals surface area (Å²) in [7, 11) is 2.96. The van der Waals surface area contributed by atoms with E-state index in [2.05, 4.69) is 21.4 Å². The molecule has 0 unspecified atom stereocenters. The van der Waals surface area contributed by atoms with E-state index in [0.717, 1.165) is 11.1 Å². The summed E-state index contributed by atoms with van der Waals surface area (Å²) >= 11 is 12.7. The van der Waals surface area contributed by atoms with Crippen molar-refractivity contribution in [2.75, 3.05) is 19.5 Å². The van der Waals surface area contributed by atoms with Gasteiger partial charge in [0.2, 0.25) is 17.7 Å². The van der Waals surface area contributed by atoms with Crippen LogP contribution in [0.3, 0.4) is 0 Å². The van der Waals surface area contributed by atoms with Gasteiger partial charge in [-0.25, -0.2) is 0 Å². The maximum absolute atomic E-state index is 9.53. The number of methoxy groups -OCH3 is 2. The third-order valence-corrected chi connectivity index (χ3v) is 4.45. The highest BCUT2D eigenvalue weighted by atomic mass is 35.5. The van der Waals surface area contributed by atoms with E-state index < -0.39 is 0 Å². The van der Waals surface area contributed by atoms with Gasteiger partial charge in [0.1, 0.15) is 6.07 Å². The first-order chi connectivity index (χ1) is 11.5. The molecule has 0 amide bonds. The summed E-state index contributed by atoms with van der Waals surface area (Å²) in [4.78, 5) is 8.36. The van der Waals surface area contributed by atoms with Gasteiger partial charge in [0.15, 0.2) is 0 Å². The van der Waals surface area contributed by atoms with E-state index in [9.17, 15) is 5.26 Å². The van der Waals surface area contributed by atoms with Crippen molar-refractivity contribution in [2.45, 2.75) is 20.3 Å². The van der Waals surface area contributed by atoms with Crippen molar-refractivity contribution >= 4 is 34.8 Å². The lowest BCUT2D eigenvalue weighted by Gasteiger charge is -2.17. The number of hydrogen-bond acceptors (Lipinski definition) is 6. The van der Waals surface area contributed by atoms with Crippen molar-refractivity contribution < 1.29 is 9.47 Å². The Labute approximate surface area is 150 Å². The third-order valence-electron chi connectivity index (χ3n) is 3.55. The zero-order valence-electron chi connectivity index (χ0n) is 13.7. The van der Waals surface area contributed by atoms with Gasteiger partial charge in [-0.05, 0) is 24.5 Å². The van der Waals surface area contributed by atoms with Gasteiger partial charge in [-0.1, -0.05) is 30.1 Å². The second-order valence-electron chi connectivity index (χ2n) is 4.85. The predicted octanol–water partition coefficient (Wildman–Crippen LogP) is 4.29. The maximum Gasteiger partial charge on any atom is 0.233 e. The molecule has 0 saturated heterocycles. The number of hydrogen-bond donors (Lipinski definition) is 1. The fourth-order valence-electron chi connectivity index (χ4n) is 2.31. The molecule has 0 radical (unpaired) electrons. The number of nitriles is 1. The zero-order valence-corrected chi connectivity index (χ0v) is 15.2. The minimum absolute atomic E-state index is 0.185. The Hall–Kier alpha value is -2.23. The van der Waals surface area contributed by atoms with E-state index in [4.69, 9.17) is 32.7 Å². The molecule has 0 aliphatic heterocycles. The molecule has 6 nitrogen and oxygen atoms in total. The smallest absolute Gasteiger partial charge is 0.233 e. The summed E-state index contributed by atoms with van der Waals surface area (Å²) in [6, 6.07) is 3.70. The van der Waals surface area contributed by atoms with Gasteiger partial charge in [0, 0.05) is 0 Å². The van der Waals surface area contributed by atoms with Crippen molar-refractivity contribution in [3.63, 3.8) is 0 Å². The van der Waals surface area contributed by atoms with Crippen LogP contribution in [0.4, 0.5) is 11.6 Å². The molecule has 1 aromatic heterocycles. The SMILES string of the molecule is CCc1c(C)c(C#N)c(Nc2nc(OC)cc(OC)n2)c(Cl)c1Cl. The molecule has 0 fully saturated rings. The molecule has 0 atom stereocenters. The Kier molecular flexibility index (Phi) is 5.71. The van der Waals surface area contributed by atoms with Crippen LogP contribution < -0.4 is 14.8 Å². The van der Waals surface area contributed by atoms with Gasteiger partial charge in [0.25, 0.3) is 0 Å². The number of halogens is 2. The van der Waals surface area contributed by atoms with Crippen LogP contribution in [0.1, 0.15) is 23.6 Å². The Morgan fingerprint density at radius 1 is 1.17 bits per heavy atom. The lowest BCUT2D eigenvalue weighted by Crippen LogP contribution is -2.05. The minimum atomic E-state index is 0.185. The summed E-state index contributed by atoms with van der Waals surface area (Å²) in [5.41, 5.74) is 2.36. The summed E-state index contributed by atoms with van der Waals surface area (Å²) in [6.07, 6.45) is 0.669. The number of nitrogens with one attached hydrogen (secondary N) is 1. The zero-order chi connectivity index (χ0) is 17.9. The molecule has 2 rings (SSSR count). The van der Waals surface area contributed by atoms with Crippen molar-refractivity contribution in [3.05, 3.63) is 32.8 Å². The molecule has 0 aliphatic carbocycles. The second kappa shape index (κ2) is 7.56. The number of aromatic nitrogens is 2. The lowest BCUT2D eigenvalue weighted by molar-refractivity contribution is 0.373. The first-order valence-electron chi connectivity index (χ1n) is 7.11. The fraction of sp³-hybridized carbons (Fsp3) is 0.312. The monoisotopic (exact) mass is 366 g/mol. The number of ether oxygens (including phenoxy) is 2. The van der Waals surface area contributed by atoms with Gasteiger partial charge >= 0.3 is 0 Å². The molecule has 126 valence electrons. The summed E-state index contributed by atoms with van der Waals surface area (Å²) < 4.78 is 10.2. The van der Waals surface area contributed by atoms with Gasteiger partial charge in [-0.15, -0.1) is 0 Å². The van der Waals surface area contributed by atoms with Crippen molar-refractivity contribution in [2.24, 2.45) is 0 Å². The minimum Gasteiger partial charge on any atom is -0.481 e. The number of anilines is 2. The van der Waals surface area contributed by atoms with E-state index >= 15 is 0 Å². The van der Waals surface area contributed by atoms with Crippen molar-refractivity contribution in [3.8, 4) is 17.8 Å². The summed E-state index contributed by atoms with van der Waals surface area (Å²) in [6.45, 7) is 3.78. The normalized spacial score (nSPS) is 10.2. The Morgan fingerprint density at radius 2 is 1.75 bits per heavy atom. The van der Waals surface area contributed by atoms with Crippen LogP contribution in [0.2, 0.25) is 10.0 Å². The van der Waals surface area contributed by atoms with Crippen LogP contribution in [-0.2, 0) is 6.42 Å². The lowest BCUT2D eigenvalue weighted by atomic mass is 9.99. The molecular weight excluding hydrogens is 351 g/mol. The highest BCUT2D eigenvalue weighted by Crippen LogP contribution is 2.40. The predicted molar refractivity (Wildman–Crippen MR) is 93.7 cm³/mol. The van der Waals surface area contributed by atoms with Crippen LogP contribution in [-0.4, -0.2) is 24.2 Å². The topological polar surface area (TPSA) is 80.1 Å². The molecule has 2 aromatic rings. The van der Waals surface area contributed by atoms with Gasteiger partial charge < -0.3 is 14.8 Å². The van der Waals surface area contributed by atoms with E-state index in [1.807, 2.05) is 13.8 Å². The Bertz CT molecular complexity index is 797. The number of rotatable bonds is 5. The Balaban J connectivity index is 2.60. The fourth-order valence-corrected chi connectivity index (χ4v) is 2.94. The standard InChI is InChI=1S/C16H16Cl2N4O2/c1-5-9-8(2)10(7-19)15(14(18)13(9)17)22-16-20-11(23-3)6-12(21-16)24-4/h6H,5H2,1-4H3,(H,20,21,22). The molecular formula is C16H16Cl2N4O2. The largest absolute Gasteiger partial charge is 0.481 e. The first-order valence-corrected chi connectivity index (χ1v) is 7.86. The van der Waals surface area contributed by atoms with Crippen LogP contribution in [0, 0.1) is 18.3 Å². The van der Waals surface area contributed by atoms with Crippen molar-refractivity contribution in [1.29, 1.82) is 5.26 Å². The highest BCUT2D eigenvalue weighted by Gasteiger charge is 2.20. The third kappa shape index (κ3) is 3.32. The van der Waals surface area contributed by atoms with E-state index in [1.54, 1.807) is 0 Å². The molecule has 1 N–H and O–H groups in total. The molecule has 1 aromatic carbocycles. The van der Waals surface area contributed by atoms with Crippen LogP contribution in [0.15, 0.2) is 6.07 Å². The molecule has 0 aliphatic rings. The molecule has 0 bridgehead atoms. The Morgan fingerprint density at radius 3 is 2.21 bits per heavy atom. The molecule has 8 heteroatoms. The molecule has 24 heavy (non-hydrogen) atoms. The van der Waals surface area contributed by atoms with E-state index in [0.29, 0.717) is 34.5 Å². The second-order valence-corrected chi connectivity index (χ2v) is 5.60.